The molecule has 0 saturated carbocycles. The average Bonchev–Trinajstić information content (AvgIpc) is 3.03. The summed E-state index contributed by atoms with van der Waals surface area (Å²) in [4.78, 5) is 35.1. The third-order valence-corrected chi connectivity index (χ3v) is 4.99. The zero-order chi connectivity index (χ0) is 15.5. The van der Waals surface area contributed by atoms with Gasteiger partial charge in [0.2, 0.25) is 5.91 Å². The minimum Gasteiger partial charge on any atom is -0.342 e. The van der Waals surface area contributed by atoms with E-state index in [2.05, 4.69) is 21.8 Å². The Bertz CT molecular complexity index is 578. The van der Waals surface area contributed by atoms with Crippen LogP contribution in [0.15, 0.2) is 17.2 Å². The van der Waals surface area contributed by atoms with Gasteiger partial charge in [0, 0.05) is 31.6 Å². The number of hydrogen-bond donors (Lipinski definition) is 1. The minimum atomic E-state index is -0.103. The lowest BCUT2D eigenvalue weighted by atomic mass is 9.92. The largest absolute Gasteiger partial charge is 0.342 e. The van der Waals surface area contributed by atoms with Crippen LogP contribution in [-0.2, 0) is 4.79 Å². The predicted molar refractivity (Wildman–Crippen MR) is 83.6 cm³/mol. The number of carbonyl (C=O) groups excluding carboxylic acids is 1. The van der Waals surface area contributed by atoms with Crippen LogP contribution in [0.1, 0.15) is 37.8 Å². The highest BCUT2D eigenvalue weighted by atomic mass is 16.2. The zero-order valence-electron chi connectivity index (χ0n) is 13.1. The van der Waals surface area contributed by atoms with Gasteiger partial charge in [-0.15, -0.1) is 0 Å². The number of hydrogen-bond acceptors (Lipinski definition) is 4. The summed E-state index contributed by atoms with van der Waals surface area (Å²) < 4.78 is 0. The SMILES string of the molecule is CCN1CC[C@@H](C(=O)N2CCC(c3cc(=O)[nH]cn3)CC2)C1. The number of nitrogens with zero attached hydrogens (tertiary/aromatic N) is 3. The molecule has 1 aromatic heterocycles. The molecule has 6 heteroatoms. The molecule has 0 spiro atoms. The summed E-state index contributed by atoms with van der Waals surface area (Å²) >= 11 is 0. The lowest BCUT2D eigenvalue weighted by Gasteiger charge is -2.33. The van der Waals surface area contributed by atoms with Crippen molar-refractivity contribution in [2.75, 3.05) is 32.7 Å². The Hall–Kier alpha value is -1.69. The Balaban J connectivity index is 1.55. The molecule has 3 heterocycles. The van der Waals surface area contributed by atoms with Gasteiger partial charge in [0.25, 0.3) is 5.56 Å². The van der Waals surface area contributed by atoms with Gasteiger partial charge in [-0.3, -0.25) is 9.59 Å². The Labute approximate surface area is 130 Å². The summed E-state index contributed by atoms with van der Waals surface area (Å²) in [5, 5.41) is 0. The number of carbonyl (C=O) groups is 1. The number of rotatable bonds is 3. The van der Waals surface area contributed by atoms with Crippen LogP contribution in [0.5, 0.6) is 0 Å². The fourth-order valence-electron chi connectivity index (χ4n) is 3.58. The molecule has 1 amide bonds. The van der Waals surface area contributed by atoms with E-state index < -0.39 is 0 Å². The van der Waals surface area contributed by atoms with Gasteiger partial charge >= 0.3 is 0 Å². The van der Waals surface area contributed by atoms with Crippen LogP contribution in [0, 0.1) is 5.92 Å². The number of amides is 1. The highest BCUT2D eigenvalue weighted by molar-refractivity contribution is 5.79. The fourth-order valence-corrected chi connectivity index (χ4v) is 3.58. The van der Waals surface area contributed by atoms with E-state index in [-0.39, 0.29) is 11.5 Å². The molecule has 2 aliphatic rings. The number of aromatic amines is 1. The average molecular weight is 304 g/mol. The summed E-state index contributed by atoms with van der Waals surface area (Å²) in [6.45, 7) is 6.68. The van der Waals surface area contributed by atoms with Crippen LogP contribution >= 0.6 is 0 Å². The van der Waals surface area contributed by atoms with Crippen LogP contribution in [0.2, 0.25) is 0 Å². The first-order valence-electron chi connectivity index (χ1n) is 8.23. The maximum atomic E-state index is 12.6. The summed E-state index contributed by atoms with van der Waals surface area (Å²) in [7, 11) is 0. The molecule has 0 aliphatic carbocycles. The summed E-state index contributed by atoms with van der Waals surface area (Å²) in [5.41, 5.74) is 0.753. The molecule has 2 fully saturated rings. The lowest BCUT2D eigenvalue weighted by molar-refractivity contribution is -0.136. The fraction of sp³-hybridized carbons (Fsp3) is 0.688. The number of nitrogens with one attached hydrogen (secondary N) is 1. The van der Waals surface area contributed by atoms with Gasteiger partial charge in [0.15, 0.2) is 0 Å². The normalized spacial score (nSPS) is 23.9. The quantitative estimate of drug-likeness (QED) is 0.897. The lowest BCUT2D eigenvalue weighted by Crippen LogP contribution is -2.42. The van der Waals surface area contributed by atoms with Gasteiger partial charge in [-0.2, -0.15) is 0 Å². The molecule has 2 aliphatic heterocycles. The van der Waals surface area contributed by atoms with E-state index in [1.807, 2.05) is 4.90 Å². The first-order valence-corrected chi connectivity index (χ1v) is 8.23. The van der Waals surface area contributed by atoms with Crippen molar-refractivity contribution in [2.24, 2.45) is 5.92 Å². The number of H-pyrrole nitrogens is 1. The molecule has 1 N–H and O–H groups in total. The molecule has 0 aromatic carbocycles. The van der Waals surface area contributed by atoms with Gasteiger partial charge in [-0.1, -0.05) is 6.92 Å². The molecule has 0 bridgehead atoms. The number of piperidine rings is 1. The van der Waals surface area contributed by atoms with Gasteiger partial charge in [-0.05, 0) is 32.4 Å². The molecule has 1 aromatic rings. The minimum absolute atomic E-state index is 0.103. The second-order valence-electron chi connectivity index (χ2n) is 6.31. The van der Waals surface area contributed by atoms with E-state index in [1.165, 1.54) is 6.33 Å². The van der Waals surface area contributed by atoms with Crippen molar-refractivity contribution in [1.29, 1.82) is 0 Å². The second kappa shape index (κ2) is 6.60. The highest BCUT2D eigenvalue weighted by Crippen LogP contribution is 2.27. The Morgan fingerprint density at radius 3 is 2.73 bits per heavy atom. The van der Waals surface area contributed by atoms with E-state index in [9.17, 15) is 9.59 Å². The van der Waals surface area contributed by atoms with Crippen molar-refractivity contribution in [2.45, 2.75) is 32.1 Å². The molecule has 22 heavy (non-hydrogen) atoms. The van der Waals surface area contributed by atoms with E-state index in [4.69, 9.17) is 0 Å². The predicted octanol–water partition coefficient (Wildman–Crippen LogP) is 0.818. The van der Waals surface area contributed by atoms with E-state index >= 15 is 0 Å². The molecule has 0 radical (unpaired) electrons. The molecule has 6 nitrogen and oxygen atoms in total. The molecular weight excluding hydrogens is 280 g/mol. The second-order valence-corrected chi connectivity index (χ2v) is 6.31. The van der Waals surface area contributed by atoms with Crippen LogP contribution in [0.3, 0.4) is 0 Å². The Morgan fingerprint density at radius 2 is 2.09 bits per heavy atom. The van der Waals surface area contributed by atoms with Crippen LogP contribution in [-0.4, -0.2) is 58.4 Å². The summed E-state index contributed by atoms with van der Waals surface area (Å²) in [6, 6.07) is 1.58. The molecule has 120 valence electrons. The standard InChI is InChI=1S/C16H24N4O2/c1-2-19-6-3-13(10-19)16(22)20-7-4-12(5-8-20)14-9-15(21)18-11-17-14/h9,11-13H,2-8,10H2,1H3,(H,17,18,21)/t13-/m1/s1. The van der Waals surface area contributed by atoms with Crippen LogP contribution in [0.25, 0.3) is 0 Å². The van der Waals surface area contributed by atoms with E-state index in [1.54, 1.807) is 6.07 Å². The van der Waals surface area contributed by atoms with Gasteiger partial charge in [0.1, 0.15) is 0 Å². The summed E-state index contributed by atoms with van der Waals surface area (Å²) in [5.74, 6) is 0.782. The van der Waals surface area contributed by atoms with Crippen molar-refractivity contribution in [3.8, 4) is 0 Å². The number of aromatic nitrogens is 2. The van der Waals surface area contributed by atoms with Gasteiger partial charge < -0.3 is 14.8 Å². The van der Waals surface area contributed by atoms with Crippen molar-refractivity contribution in [1.82, 2.24) is 19.8 Å². The first-order chi connectivity index (χ1) is 10.7. The third-order valence-electron chi connectivity index (χ3n) is 4.99. The Kier molecular flexibility index (Phi) is 4.57. The zero-order valence-corrected chi connectivity index (χ0v) is 13.1. The topological polar surface area (TPSA) is 69.3 Å². The number of likely N-dealkylation sites (tertiary alicyclic amines) is 2. The third kappa shape index (κ3) is 3.21. The first kappa shape index (κ1) is 15.2. The Morgan fingerprint density at radius 1 is 1.32 bits per heavy atom. The molecule has 1 atom stereocenters. The highest BCUT2D eigenvalue weighted by Gasteiger charge is 2.33. The van der Waals surface area contributed by atoms with Crippen molar-refractivity contribution < 1.29 is 4.79 Å². The van der Waals surface area contributed by atoms with Crippen molar-refractivity contribution >= 4 is 5.91 Å². The monoisotopic (exact) mass is 304 g/mol. The molecule has 3 rings (SSSR count). The van der Waals surface area contributed by atoms with E-state index in [0.29, 0.717) is 11.8 Å². The summed E-state index contributed by atoms with van der Waals surface area (Å²) in [6.07, 6.45) is 4.24. The molecule has 2 saturated heterocycles. The smallest absolute Gasteiger partial charge is 0.250 e. The van der Waals surface area contributed by atoms with E-state index in [0.717, 1.165) is 57.7 Å². The maximum absolute atomic E-state index is 12.6. The molecule has 0 unspecified atom stereocenters. The van der Waals surface area contributed by atoms with Gasteiger partial charge in [-0.25, -0.2) is 4.98 Å². The van der Waals surface area contributed by atoms with Crippen LogP contribution in [0.4, 0.5) is 0 Å². The van der Waals surface area contributed by atoms with Crippen molar-refractivity contribution in [3.05, 3.63) is 28.4 Å². The molecular formula is C16H24N4O2. The van der Waals surface area contributed by atoms with Crippen LogP contribution < -0.4 is 5.56 Å². The van der Waals surface area contributed by atoms with Crippen molar-refractivity contribution in [3.63, 3.8) is 0 Å². The van der Waals surface area contributed by atoms with Gasteiger partial charge in [0.05, 0.1) is 17.9 Å². The maximum Gasteiger partial charge on any atom is 0.250 e.